The summed E-state index contributed by atoms with van der Waals surface area (Å²) in [6, 6.07) is 8.20. The van der Waals surface area contributed by atoms with Crippen LogP contribution in [0.25, 0.3) is 10.9 Å². The molecule has 0 bridgehead atoms. The number of aliphatic hydroxyl groups is 2. The molecule has 1 aliphatic heterocycles. The Labute approximate surface area is 161 Å². The molecule has 148 valence electrons. The molecule has 1 aromatic carbocycles. The van der Waals surface area contributed by atoms with Gasteiger partial charge in [-0.2, -0.15) is 4.98 Å². The molecule has 0 atom stereocenters. The molecule has 0 amide bonds. The zero-order valence-electron chi connectivity index (χ0n) is 16.0. The van der Waals surface area contributed by atoms with E-state index in [9.17, 15) is 0 Å². The summed E-state index contributed by atoms with van der Waals surface area (Å²) in [5.74, 6) is 1.70. The second-order valence-electron chi connectivity index (χ2n) is 7.00. The Morgan fingerprint density at radius 2 is 1.70 bits per heavy atom. The van der Waals surface area contributed by atoms with Gasteiger partial charge in [-0.3, -0.25) is 4.90 Å². The van der Waals surface area contributed by atoms with Gasteiger partial charge in [-0.05, 0) is 44.4 Å². The highest BCUT2D eigenvalue weighted by atomic mass is 16.3. The molecule has 7 nitrogen and oxygen atoms in total. The van der Waals surface area contributed by atoms with E-state index in [4.69, 9.17) is 15.2 Å². The van der Waals surface area contributed by atoms with Gasteiger partial charge in [0.05, 0.1) is 18.7 Å². The van der Waals surface area contributed by atoms with Crippen LogP contribution in [0.4, 0.5) is 11.8 Å². The highest BCUT2D eigenvalue weighted by molar-refractivity contribution is 5.90. The summed E-state index contributed by atoms with van der Waals surface area (Å²) in [7, 11) is 0. The van der Waals surface area contributed by atoms with Crippen molar-refractivity contribution in [2.75, 3.05) is 62.7 Å². The van der Waals surface area contributed by atoms with Crippen LogP contribution < -0.4 is 10.2 Å². The molecule has 2 heterocycles. The Morgan fingerprint density at radius 3 is 2.44 bits per heavy atom. The van der Waals surface area contributed by atoms with Crippen molar-refractivity contribution in [3.05, 3.63) is 24.3 Å². The second kappa shape index (κ2) is 10.4. The SMILES string of the molecule is OCCN(CCO)CCCNc1nc(N2CCCCC2)c2ccccc2n1. The first-order valence-corrected chi connectivity index (χ1v) is 10.0. The monoisotopic (exact) mass is 373 g/mol. The molecule has 1 aromatic heterocycles. The van der Waals surface area contributed by atoms with Crippen molar-refractivity contribution in [1.29, 1.82) is 0 Å². The average molecular weight is 374 g/mol. The zero-order valence-corrected chi connectivity index (χ0v) is 16.0. The van der Waals surface area contributed by atoms with Crippen LogP contribution in [-0.4, -0.2) is 77.6 Å². The summed E-state index contributed by atoms with van der Waals surface area (Å²) in [6.07, 6.45) is 4.62. The van der Waals surface area contributed by atoms with Crippen molar-refractivity contribution in [3.8, 4) is 0 Å². The fourth-order valence-electron chi connectivity index (χ4n) is 3.61. The van der Waals surface area contributed by atoms with Gasteiger partial charge < -0.3 is 20.4 Å². The predicted molar refractivity (Wildman–Crippen MR) is 109 cm³/mol. The van der Waals surface area contributed by atoms with Gasteiger partial charge in [0.25, 0.3) is 0 Å². The smallest absolute Gasteiger partial charge is 0.225 e. The van der Waals surface area contributed by atoms with Gasteiger partial charge in [-0.15, -0.1) is 0 Å². The van der Waals surface area contributed by atoms with Crippen LogP contribution in [0.15, 0.2) is 24.3 Å². The maximum atomic E-state index is 9.09. The molecule has 0 unspecified atom stereocenters. The number of hydrogen-bond donors (Lipinski definition) is 3. The number of anilines is 2. The number of para-hydroxylation sites is 1. The summed E-state index contributed by atoms with van der Waals surface area (Å²) in [4.78, 5) is 13.9. The molecule has 27 heavy (non-hydrogen) atoms. The fraction of sp³-hybridized carbons (Fsp3) is 0.600. The lowest BCUT2D eigenvalue weighted by Crippen LogP contribution is -2.32. The maximum absolute atomic E-state index is 9.09. The molecule has 3 rings (SSSR count). The van der Waals surface area contributed by atoms with Crippen molar-refractivity contribution < 1.29 is 10.2 Å². The third kappa shape index (κ3) is 5.51. The molecular formula is C20H31N5O2. The second-order valence-corrected chi connectivity index (χ2v) is 7.00. The quantitative estimate of drug-likeness (QED) is 0.547. The van der Waals surface area contributed by atoms with Crippen molar-refractivity contribution >= 4 is 22.7 Å². The highest BCUT2D eigenvalue weighted by Gasteiger charge is 2.16. The summed E-state index contributed by atoms with van der Waals surface area (Å²) in [5, 5.41) is 22.6. The maximum Gasteiger partial charge on any atom is 0.225 e. The van der Waals surface area contributed by atoms with E-state index in [0.717, 1.165) is 49.3 Å². The number of piperidine rings is 1. The zero-order chi connectivity index (χ0) is 18.9. The third-order valence-corrected chi connectivity index (χ3v) is 5.01. The number of benzene rings is 1. The molecule has 3 N–H and O–H groups in total. The lowest BCUT2D eigenvalue weighted by atomic mass is 10.1. The van der Waals surface area contributed by atoms with Gasteiger partial charge in [0.1, 0.15) is 5.82 Å². The highest BCUT2D eigenvalue weighted by Crippen LogP contribution is 2.27. The molecule has 0 saturated carbocycles. The summed E-state index contributed by atoms with van der Waals surface area (Å²) in [6.45, 7) is 5.08. The van der Waals surface area contributed by atoms with E-state index in [-0.39, 0.29) is 13.2 Å². The number of aliphatic hydroxyl groups excluding tert-OH is 2. The van der Waals surface area contributed by atoms with Crippen molar-refractivity contribution in [3.63, 3.8) is 0 Å². The molecule has 1 fully saturated rings. The lowest BCUT2D eigenvalue weighted by Gasteiger charge is -2.29. The number of nitrogens with one attached hydrogen (secondary N) is 1. The Bertz CT molecular complexity index is 700. The first kappa shape index (κ1) is 19.8. The van der Waals surface area contributed by atoms with E-state index in [1.54, 1.807) is 0 Å². The van der Waals surface area contributed by atoms with E-state index in [2.05, 4.69) is 26.2 Å². The molecule has 7 heteroatoms. The molecule has 0 radical (unpaired) electrons. The first-order chi connectivity index (χ1) is 13.3. The van der Waals surface area contributed by atoms with Crippen molar-refractivity contribution in [1.82, 2.24) is 14.9 Å². The van der Waals surface area contributed by atoms with Gasteiger partial charge in [0.15, 0.2) is 0 Å². The van der Waals surface area contributed by atoms with E-state index in [1.165, 1.54) is 19.3 Å². The van der Waals surface area contributed by atoms with Crippen LogP contribution in [-0.2, 0) is 0 Å². The average Bonchev–Trinajstić information content (AvgIpc) is 2.71. The topological polar surface area (TPSA) is 84.8 Å². The first-order valence-electron chi connectivity index (χ1n) is 10.0. The largest absolute Gasteiger partial charge is 0.395 e. The van der Waals surface area contributed by atoms with Crippen LogP contribution in [0.2, 0.25) is 0 Å². The van der Waals surface area contributed by atoms with Gasteiger partial charge in [-0.1, -0.05) is 12.1 Å². The lowest BCUT2D eigenvalue weighted by molar-refractivity contribution is 0.161. The van der Waals surface area contributed by atoms with Crippen LogP contribution in [0.1, 0.15) is 25.7 Å². The normalized spacial score (nSPS) is 14.9. The number of aromatic nitrogens is 2. The Morgan fingerprint density at radius 1 is 0.963 bits per heavy atom. The molecule has 1 aliphatic rings. The minimum atomic E-state index is 0.112. The van der Waals surface area contributed by atoms with E-state index in [0.29, 0.717) is 19.0 Å². The minimum Gasteiger partial charge on any atom is -0.395 e. The Hall–Kier alpha value is -1.96. The van der Waals surface area contributed by atoms with Crippen molar-refractivity contribution in [2.24, 2.45) is 0 Å². The standard InChI is InChI=1S/C20H31N5O2/c26-15-13-24(14-16-27)10-6-9-21-20-22-18-8-3-2-7-17(18)19(23-20)25-11-4-1-5-12-25/h2-3,7-8,26-27H,1,4-6,9-16H2,(H,21,22,23). The van der Waals surface area contributed by atoms with Gasteiger partial charge in [0.2, 0.25) is 5.95 Å². The van der Waals surface area contributed by atoms with E-state index >= 15 is 0 Å². The van der Waals surface area contributed by atoms with Gasteiger partial charge in [-0.25, -0.2) is 4.98 Å². The number of hydrogen-bond acceptors (Lipinski definition) is 7. The predicted octanol–water partition coefficient (Wildman–Crippen LogP) is 1.71. The molecular weight excluding hydrogens is 342 g/mol. The molecule has 1 saturated heterocycles. The minimum absolute atomic E-state index is 0.112. The summed E-state index contributed by atoms with van der Waals surface area (Å²) < 4.78 is 0. The van der Waals surface area contributed by atoms with Crippen LogP contribution >= 0.6 is 0 Å². The van der Waals surface area contributed by atoms with E-state index in [1.807, 2.05) is 18.2 Å². The fourth-order valence-corrected chi connectivity index (χ4v) is 3.61. The third-order valence-electron chi connectivity index (χ3n) is 5.01. The summed E-state index contributed by atoms with van der Waals surface area (Å²) >= 11 is 0. The van der Waals surface area contributed by atoms with Crippen LogP contribution in [0, 0.1) is 0 Å². The molecule has 0 aliphatic carbocycles. The molecule has 2 aromatic rings. The number of rotatable bonds is 10. The Kier molecular flexibility index (Phi) is 7.62. The van der Waals surface area contributed by atoms with Crippen molar-refractivity contribution in [2.45, 2.75) is 25.7 Å². The molecule has 0 spiro atoms. The van der Waals surface area contributed by atoms with E-state index < -0.39 is 0 Å². The Balaban J connectivity index is 1.65. The van der Waals surface area contributed by atoms with Gasteiger partial charge >= 0.3 is 0 Å². The number of nitrogens with zero attached hydrogens (tertiary/aromatic N) is 4. The van der Waals surface area contributed by atoms with Crippen LogP contribution in [0.3, 0.4) is 0 Å². The number of fused-ring (bicyclic) bond motifs is 1. The summed E-state index contributed by atoms with van der Waals surface area (Å²) in [5.41, 5.74) is 0.970. The van der Waals surface area contributed by atoms with Crippen LogP contribution in [0.5, 0.6) is 0 Å². The van der Waals surface area contributed by atoms with Gasteiger partial charge in [0, 0.05) is 38.1 Å².